The maximum absolute atomic E-state index is 13.0. The first-order valence-corrected chi connectivity index (χ1v) is 12.4. The normalized spacial score (nSPS) is 14.7. The van der Waals surface area contributed by atoms with E-state index in [2.05, 4.69) is 46.9 Å². The lowest BCUT2D eigenvalue weighted by molar-refractivity contribution is 0.412. The Morgan fingerprint density at radius 3 is 2.58 bits per heavy atom. The van der Waals surface area contributed by atoms with Crippen LogP contribution in [0, 0.1) is 6.92 Å². The second-order valence-electron chi connectivity index (χ2n) is 8.17. The van der Waals surface area contributed by atoms with Crippen molar-refractivity contribution >= 4 is 26.5 Å². The topological polar surface area (TPSA) is 58.6 Å². The second kappa shape index (κ2) is 9.28. The predicted molar refractivity (Wildman–Crippen MR) is 127 cm³/mol. The molecule has 0 aromatic heterocycles. The summed E-state index contributed by atoms with van der Waals surface area (Å²) < 4.78 is 34.3. The minimum Gasteiger partial charge on any atom is -0.495 e. The van der Waals surface area contributed by atoms with Crippen molar-refractivity contribution in [3.63, 3.8) is 0 Å². The zero-order valence-electron chi connectivity index (χ0n) is 18.2. The van der Waals surface area contributed by atoms with Gasteiger partial charge in [-0.1, -0.05) is 42.0 Å². The lowest BCUT2D eigenvalue weighted by atomic mass is 10.0. The van der Waals surface area contributed by atoms with Gasteiger partial charge in [-0.3, -0.25) is 0 Å². The van der Waals surface area contributed by atoms with Crippen molar-refractivity contribution in [1.82, 2.24) is 4.72 Å². The molecule has 1 heterocycles. The van der Waals surface area contributed by atoms with Crippen LogP contribution in [0.5, 0.6) is 5.75 Å². The number of methoxy groups -OCH3 is 1. The largest absolute Gasteiger partial charge is 0.495 e. The van der Waals surface area contributed by atoms with Gasteiger partial charge in [-0.15, -0.1) is 0 Å². The molecule has 0 atom stereocenters. The van der Waals surface area contributed by atoms with E-state index in [1.807, 2.05) is 6.07 Å². The SMILES string of the molecule is COc1ccc(S(=O)(=O)NCCc2cccc3ccc(C)cc23)cc1N1CCCCC1. The highest BCUT2D eigenvalue weighted by atomic mass is 32.2. The fourth-order valence-electron chi connectivity index (χ4n) is 4.29. The van der Waals surface area contributed by atoms with Crippen molar-refractivity contribution in [2.75, 3.05) is 31.6 Å². The summed E-state index contributed by atoms with van der Waals surface area (Å²) in [6.07, 6.45) is 4.08. The van der Waals surface area contributed by atoms with Crippen molar-refractivity contribution in [2.24, 2.45) is 0 Å². The summed E-state index contributed by atoms with van der Waals surface area (Å²) in [7, 11) is -1.98. The van der Waals surface area contributed by atoms with Gasteiger partial charge in [-0.25, -0.2) is 13.1 Å². The van der Waals surface area contributed by atoms with Gasteiger partial charge in [0.1, 0.15) is 5.75 Å². The smallest absolute Gasteiger partial charge is 0.240 e. The Kier molecular flexibility index (Phi) is 6.49. The van der Waals surface area contributed by atoms with Gasteiger partial charge in [0.05, 0.1) is 17.7 Å². The van der Waals surface area contributed by atoms with E-state index in [4.69, 9.17) is 4.74 Å². The highest BCUT2D eigenvalue weighted by Crippen LogP contribution is 2.32. The number of sulfonamides is 1. The minimum absolute atomic E-state index is 0.280. The van der Waals surface area contributed by atoms with E-state index in [0.717, 1.165) is 37.2 Å². The number of piperidine rings is 1. The van der Waals surface area contributed by atoms with Crippen molar-refractivity contribution in [1.29, 1.82) is 0 Å². The van der Waals surface area contributed by atoms with Crippen LogP contribution in [0.4, 0.5) is 5.69 Å². The van der Waals surface area contributed by atoms with Gasteiger partial charge in [0.2, 0.25) is 10.0 Å². The van der Waals surface area contributed by atoms with E-state index in [0.29, 0.717) is 18.7 Å². The first-order valence-electron chi connectivity index (χ1n) is 10.9. The maximum Gasteiger partial charge on any atom is 0.240 e. The molecule has 0 aliphatic carbocycles. The van der Waals surface area contributed by atoms with Crippen molar-refractivity contribution in [3.05, 3.63) is 65.7 Å². The molecular formula is C25H30N2O3S. The first kappa shape index (κ1) is 21.7. The average Bonchev–Trinajstić information content (AvgIpc) is 2.79. The Hall–Kier alpha value is -2.57. The minimum atomic E-state index is -3.61. The Bertz CT molecular complexity index is 1170. The number of nitrogens with zero attached hydrogens (tertiary/aromatic N) is 1. The van der Waals surface area contributed by atoms with Gasteiger partial charge in [0, 0.05) is 19.6 Å². The van der Waals surface area contributed by atoms with Crippen LogP contribution < -0.4 is 14.4 Å². The predicted octanol–water partition coefficient (Wildman–Crippen LogP) is 4.67. The summed E-state index contributed by atoms with van der Waals surface area (Å²) in [5.74, 6) is 0.715. The molecule has 0 saturated carbocycles. The van der Waals surface area contributed by atoms with Gasteiger partial charge < -0.3 is 9.64 Å². The molecule has 5 nitrogen and oxygen atoms in total. The van der Waals surface area contributed by atoms with Crippen molar-refractivity contribution < 1.29 is 13.2 Å². The number of hydrogen-bond donors (Lipinski definition) is 1. The molecular weight excluding hydrogens is 408 g/mol. The Morgan fingerprint density at radius 2 is 1.81 bits per heavy atom. The Labute approximate surface area is 185 Å². The van der Waals surface area contributed by atoms with Crippen LogP contribution in [-0.4, -0.2) is 35.2 Å². The molecule has 0 spiro atoms. The molecule has 164 valence electrons. The second-order valence-corrected chi connectivity index (χ2v) is 9.94. The molecule has 1 fully saturated rings. The number of rotatable bonds is 7. The quantitative estimate of drug-likeness (QED) is 0.582. The summed E-state index contributed by atoms with van der Waals surface area (Å²) in [6.45, 7) is 4.27. The fraction of sp³-hybridized carbons (Fsp3) is 0.360. The van der Waals surface area contributed by atoms with E-state index >= 15 is 0 Å². The van der Waals surface area contributed by atoms with Crippen LogP contribution in [0.3, 0.4) is 0 Å². The summed E-state index contributed by atoms with van der Waals surface area (Å²) in [4.78, 5) is 2.50. The van der Waals surface area contributed by atoms with E-state index in [-0.39, 0.29) is 4.90 Å². The summed E-state index contributed by atoms with van der Waals surface area (Å²) in [6, 6.07) is 17.7. The van der Waals surface area contributed by atoms with E-state index < -0.39 is 10.0 Å². The zero-order valence-corrected chi connectivity index (χ0v) is 19.0. The van der Waals surface area contributed by atoms with E-state index in [1.54, 1.807) is 25.3 Å². The first-order chi connectivity index (χ1) is 15.0. The maximum atomic E-state index is 13.0. The molecule has 0 unspecified atom stereocenters. The molecule has 3 aromatic rings. The standard InChI is InChI=1S/C25H30N2O3S/c1-19-9-10-20-7-6-8-21(23(20)17-19)13-14-26-31(28,29)22-11-12-25(30-2)24(18-22)27-15-4-3-5-16-27/h6-12,17-18,26H,3-5,13-16H2,1-2H3. The number of ether oxygens (including phenoxy) is 1. The van der Waals surface area contributed by atoms with Crippen LogP contribution in [0.1, 0.15) is 30.4 Å². The molecule has 1 saturated heterocycles. The molecule has 0 radical (unpaired) electrons. The van der Waals surface area contributed by atoms with Crippen LogP contribution in [-0.2, 0) is 16.4 Å². The zero-order chi connectivity index (χ0) is 21.8. The summed E-state index contributed by atoms with van der Waals surface area (Å²) in [5, 5.41) is 2.35. The third kappa shape index (κ3) is 4.86. The van der Waals surface area contributed by atoms with Crippen molar-refractivity contribution in [2.45, 2.75) is 37.5 Å². The fourth-order valence-corrected chi connectivity index (χ4v) is 5.34. The van der Waals surface area contributed by atoms with Gasteiger partial charge in [0.25, 0.3) is 0 Å². The average molecular weight is 439 g/mol. The Balaban J connectivity index is 1.51. The lowest BCUT2D eigenvalue weighted by Gasteiger charge is -2.30. The van der Waals surface area contributed by atoms with Gasteiger partial charge >= 0.3 is 0 Å². The van der Waals surface area contributed by atoms with Gasteiger partial charge in [0.15, 0.2) is 0 Å². The molecule has 6 heteroatoms. The van der Waals surface area contributed by atoms with Gasteiger partial charge in [-0.2, -0.15) is 0 Å². The van der Waals surface area contributed by atoms with E-state index in [1.165, 1.54) is 22.8 Å². The number of anilines is 1. The molecule has 0 amide bonds. The van der Waals surface area contributed by atoms with Gasteiger partial charge in [-0.05, 0) is 67.1 Å². The van der Waals surface area contributed by atoms with Crippen LogP contribution in [0.25, 0.3) is 10.8 Å². The van der Waals surface area contributed by atoms with Crippen LogP contribution >= 0.6 is 0 Å². The van der Waals surface area contributed by atoms with E-state index in [9.17, 15) is 8.42 Å². The highest BCUT2D eigenvalue weighted by Gasteiger charge is 2.20. The molecule has 4 rings (SSSR count). The summed E-state index contributed by atoms with van der Waals surface area (Å²) >= 11 is 0. The molecule has 1 N–H and O–H groups in total. The number of benzene rings is 3. The Morgan fingerprint density at radius 1 is 1.00 bits per heavy atom. The van der Waals surface area contributed by atoms with Crippen molar-refractivity contribution in [3.8, 4) is 5.75 Å². The molecule has 31 heavy (non-hydrogen) atoms. The summed E-state index contributed by atoms with van der Waals surface area (Å²) in [5.41, 5.74) is 3.20. The molecule has 1 aliphatic heterocycles. The van der Waals surface area contributed by atoms with Crippen LogP contribution in [0.15, 0.2) is 59.5 Å². The number of fused-ring (bicyclic) bond motifs is 1. The number of aryl methyl sites for hydroxylation is 1. The third-order valence-corrected chi connectivity index (χ3v) is 7.43. The number of hydrogen-bond acceptors (Lipinski definition) is 4. The molecule has 3 aromatic carbocycles. The monoisotopic (exact) mass is 438 g/mol. The molecule has 0 bridgehead atoms. The number of nitrogens with one attached hydrogen (secondary N) is 1. The third-order valence-electron chi connectivity index (χ3n) is 5.97. The molecule has 1 aliphatic rings. The highest BCUT2D eigenvalue weighted by molar-refractivity contribution is 7.89. The lowest BCUT2D eigenvalue weighted by Crippen LogP contribution is -2.30. The van der Waals surface area contributed by atoms with Crippen LogP contribution in [0.2, 0.25) is 0 Å².